The minimum absolute atomic E-state index is 0.495. The summed E-state index contributed by atoms with van der Waals surface area (Å²) in [7, 11) is 0. The number of hydrogen-bond acceptors (Lipinski definition) is 2. The van der Waals surface area contributed by atoms with E-state index in [4.69, 9.17) is 4.52 Å². The molecule has 0 radical (unpaired) electrons. The van der Waals surface area contributed by atoms with Crippen LogP contribution in [0.5, 0.6) is 0 Å². The smallest absolute Gasteiger partial charge is 0.140 e. The summed E-state index contributed by atoms with van der Waals surface area (Å²) in [4.78, 5) is 0. The molecule has 0 saturated carbocycles. The van der Waals surface area contributed by atoms with E-state index in [1.54, 1.807) is 0 Å². The van der Waals surface area contributed by atoms with Gasteiger partial charge in [-0.2, -0.15) is 0 Å². The van der Waals surface area contributed by atoms with Gasteiger partial charge in [0.15, 0.2) is 0 Å². The van der Waals surface area contributed by atoms with E-state index in [0.29, 0.717) is 5.92 Å². The molecule has 2 nitrogen and oxygen atoms in total. The first-order valence-corrected chi connectivity index (χ1v) is 6.15. The molecule has 0 aliphatic heterocycles. The summed E-state index contributed by atoms with van der Waals surface area (Å²) < 4.78 is 5.48. The van der Waals surface area contributed by atoms with Crippen LogP contribution in [-0.4, -0.2) is 5.16 Å². The van der Waals surface area contributed by atoms with E-state index in [-0.39, 0.29) is 0 Å². The van der Waals surface area contributed by atoms with E-state index in [2.05, 4.69) is 25.9 Å². The van der Waals surface area contributed by atoms with Crippen LogP contribution in [0.3, 0.4) is 0 Å². The lowest BCUT2D eigenvalue weighted by atomic mass is 9.89. The highest BCUT2D eigenvalue weighted by molar-refractivity contribution is 5.26. The van der Waals surface area contributed by atoms with Gasteiger partial charge < -0.3 is 4.52 Å². The first kappa shape index (κ1) is 10.7. The van der Waals surface area contributed by atoms with Gasteiger partial charge in [-0.1, -0.05) is 32.3 Å². The van der Waals surface area contributed by atoms with Crippen LogP contribution in [0.1, 0.15) is 63.0 Å². The molecule has 0 aromatic carbocycles. The second-order valence-corrected chi connectivity index (χ2v) is 5.16. The Morgan fingerprint density at radius 3 is 2.80 bits per heavy atom. The number of aryl methyl sites for hydroxylation is 1. The molecule has 0 spiro atoms. The summed E-state index contributed by atoms with van der Waals surface area (Å²) in [5, 5.41) is 4.23. The Morgan fingerprint density at radius 2 is 2.07 bits per heavy atom. The predicted octanol–water partition coefficient (Wildman–Crippen LogP) is 3.70. The van der Waals surface area contributed by atoms with Gasteiger partial charge in [0.1, 0.15) is 5.76 Å². The Morgan fingerprint density at radius 1 is 1.27 bits per heavy atom. The Bertz CT molecular complexity index is 327. The fraction of sp³-hybridized carbons (Fsp3) is 0.769. The van der Waals surface area contributed by atoms with Gasteiger partial charge in [-0.3, -0.25) is 0 Å². The van der Waals surface area contributed by atoms with Gasteiger partial charge in [0.25, 0.3) is 0 Å². The molecule has 1 atom stereocenters. The SMILES string of the molecule is CC1CCCc2c(C(C)C)noc2CC1. The highest BCUT2D eigenvalue weighted by Crippen LogP contribution is 2.28. The highest BCUT2D eigenvalue weighted by atomic mass is 16.5. The van der Waals surface area contributed by atoms with Crippen LogP contribution in [0.15, 0.2) is 4.52 Å². The standard InChI is InChI=1S/C13H21NO/c1-9(2)13-11-6-4-5-10(3)7-8-12(11)15-14-13/h9-10H,4-8H2,1-3H3. The molecule has 1 aromatic rings. The summed E-state index contributed by atoms with van der Waals surface area (Å²) in [6.45, 7) is 6.73. The number of aromatic nitrogens is 1. The highest BCUT2D eigenvalue weighted by Gasteiger charge is 2.20. The third-order valence-electron chi connectivity index (χ3n) is 3.43. The molecule has 0 bridgehead atoms. The zero-order valence-electron chi connectivity index (χ0n) is 10.0. The van der Waals surface area contributed by atoms with Crippen molar-refractivity contribution in [3.05, 3.63) is 17.0 Å². The molecule has 2 heteroatoms. The third-order valence-corrected chi connectivity index (χ3v) is 3.43. The second kappa shape index (κ2) is 4.38. The van der Waals surface area contributed by atoms with Gasteiger partial charge in [0, 0.05) is 12.0 Å². The van der Waals surface area contributed by atoms with Crippen molar-refractivity contribution in [2.24, 2.45) is 5.92 Å². The quantitative estimate of drug-likeness (QED) is 0.701. The van der Waals surface area contributed by atoms with Crippen LogP contribution in [0.25, 0.3) is 0 Å². The van der Waals surface area contributed by atoms with Gasteiger partial charge in [-0.05, 0) is 31.1 Å². The van der Waals surface area contributed by atoms with Gasteiger partial charge in [0.2, 0.25) is 0 Å². The fourth-order valence-electron chi connectivity index (χ4n) is 2.42. The molecular formula is C13H21NO. The molecule has 0 fully saturated rings. The van der Waals surface area contributed by atoms with Crippen molar-refractivity contribution in [3.8, 4) is 0 Å². The maximum Gasteiger partial charge on any atom is 0.140 e. The van der Waals surface area contributed by atoms with Crippen molar-refractivity contribution in [1.82, 2.24) is 5.16 Å². The van der Waals surface area contributed by atoms with Gasteiger partial charge >= 0.3 is 0 Å². The summed E-state index contributed by atoms with van der Waals surface area (Å²) in [6, 6.07) is 0. The first-order chi connectivity index (χ1) is 7.18. The number of fused-ring (bicyclic) bond motifs is 1. The average molecular weight is 207 g/mol. The zero-order valence-corrected chi connectivity index (χ0v) is 10.0. The van der Waals surface area contributed by atoms with Gasteiger partial charge in [0.05, 0.1) is 5.69 Å². The van der Waals surface area contributed by atoms with Crippen LogP contribution in [-0.2, 0) is 12.8 Å². The topological polar surface area (TPSA) is 26.0 Å². The molecule has 1 aliphatic rings. The predicted molar refractivity (Wildman–Crippen MR) is 61.0 cm³/mol. The normalized spacial score (nSPS) is 22.3. The number of nitrogens with zero attached hydrogens (tertiary/aromatic N) is 1. The maximum absolute atomic E-state index is 5.48. The van der Waals surface area contributed by atoms with Crippen LogP contribution < -0.4 is 0 Å². The van der Waals surface area contributed by atoms with Crippen molar-refractivity contribution < 1.29 is 4.52 Å². The van der Waals surface area contributed by atoms with Crippen LogP contribution in [0.2, 0.25) is 0 Å². The van der Waals surface area contributed by atoms with Crippen molar-refractivity contribution in [3.63, 3.8) is 0 Å². The largest absolute Gasteiger partial charge is 0.361 e. The lowest BCUT2D eigenvalue weighted by Gasteiger charge is -2.14. The summed E-state index contributed by atoms with van der Waals surface area (Å²) in [5.41, 5.74) is 2.61. The average Bonchev–Trinajstić information content (AvgIpc) is 2.54. The van der Waals surface area contributed by atoms with E-state index in [0.717, 1.165) is 24.5 Å². The molecule has 15 heavy (non-hydrogen) atoms. The second-order valence-electron chi connectivity index (χ2n) is 5.16. The van der Waals surface area contributed by atoms with E-state index in [1.165, 1.54) is 30.5 Å². The van der Waals surface area contributed by atoms with Crippen molar-refractivity contribution >= 4 is 0 Å². The summed E-state index contributed by atoms with van der Waals surface area (Å²) in [6.07, 6.45) is 6.13. The van der Waals surface area contributed by atoms with E-state index in [1.807, 2.05) is 0 Å². The van der Waals surface area contributed by atoms with Crippen LogP contribution in [0.4, 0.5) is 0 Å². The molecule has 1 aromatic heterocycles. The Labute approximate surface area is 92.0 Å². The van der Waals surface area contributed by atoms with E-state index in [9.17, 15) is 0 Å². The molecule has 1 aliphatic carbocycles. The van der Waals surface area contributed by atoms with Crippen molar-refractivity contribution in [2.45, 2.75) is 58.8 Å². The fourth-order valence-corrected chi connectivity index (χ4v) is 2.42. The van der Waals surface area contributed by atoms with Crippen molar-refractivity contribution in [1.29, 1.82) is 0 Å². The number of hydrogen-bond donors (Lipinski definition) is 0. The molecule has 2 rings (SSSR count). The zero-order chi connectivity index (χ0) is 10.8. The van der Waals surface area contributed by atoms with E-state index < -0.39 is 0 Å². The molecule has 0 N–H and O–H groups in total. The van der Waals surface area contributed by atoms with Crippen LogP contribution >= 0.6 is 0 Å². The maximum atomic E-state index is 5.48. The van der Waals surface area contributed by atoms with Gasteiger partial charge in [-0.25, -0.2) is 0 Å². The molecule has 1 heterocycles. The first-order valence-electron chi connectivity index (χ1n) is 6.15. The minimum Gasteiger partial charge on any atom is -0.361 e. The van der Waals surface area contributed by atoms with E-state index >= 15 is 0 Å². The molecular weight excluding hydrogens is 186 g/mol. The molecule has 1 unspecified atom stereocenters. The lowest BCUT2D eigenvalue weighted by Crippen LogP contribution is -2.05. The molecule has 0 amide bonds. The number of rotatable bonds is 1. The lowest BCUT2D eigenvalue weighted by molar-refractivity contribution is 0.353. The monoisotopic (exact) mass is 207 g/mol. The van der Waals surface area contributed by atoms with Crippen molar-refractivity contribution in [2.75, 3.05) is 0 Å². The Balaban J connectivity index is 2.24. The van der Waals surface area contributed by atoms with Gasteiger partial charge in [-0.15, -0.1) is 0 Å². The third kappa shape index (κ3) is 2.24. The Hall–Kier alpha value is -0.790. The Kier molecular flexibility index (Phi) is 3.13. The molecule has 0 saturated heterocycles. The molecule has 84 valence electrons. The van der Waals surface area contributed by atoms with Crippen LogP contribution in [0, 0.1) is 5.92 Å². The summed E-state index contributed by atoms with van der Waals surface area (Å²) in [5.74, 6) is 2.49. The summed E-state index contributed by atoms with van der Waals surface area (Å²) >= 11 is 0. The minimum atomic E-state index is 0.495.